The van der Waals surface area contributed by atoms with Crippen LogP contribution < -0.4 is 0 Å². The van der Waals surface area contributed by atoms with Gasteiger partial charge >= 0.3 is 0 Å². The van der Waals surface area contributed by atoms with Crippen LogP contribution in [-0.4, -0.2) is 24.9 Å². The minimum Gasteiger partial charge on any atom is -0.396 e. The molecule has 0 spiro atoms. The highest BCUT2D eigenvalue weighted by molar-refractivity contribution is 9.10. The number of benzene rings is 1. The van der Waals surface area contributed by atoms with Crippen molar-refractivity contribution in [2.24, 2.45) is 5.92 Å². The van der Waals surface area contributed by atoms with E-state index in [-0.39, 0.29) is 6.61 Å². The van der Waals surface area contributed by atoms with Crippen molar-refractivity contribution >= 4 is 15.9 Å². The molecule has 3 heteroatoms. The van der Waals surface area contributed by atoms with Gasteiger partial charge in [0, 0.05) is 24.3 Å². The lowest BCUT2D eigenvalue weighted by Crippen LogP contribution is -2.13. The first kappa shape index (κ1) is 14.7. The van der Waals surface area contributed by atoms with E-state index in [0.717, 1.165) is 36.9 Å². The molecule has 17 heavy (non-hydrogen) atoms. The quantitative estimate of drug-likeness (QED) is 0.746. The van der Waals surface area contributed by atoms with E-state index in [2.05, 4.69) is 35.0 Å². The van der Waals surface area contributed by atoms with Crippen LogP contribution in [0.25, 0.3) is 0 Å². The number of rotatable bonds is 8. The molecule has 0 saturated carbocycles. The zero-order valence-electron chi connectivity index (χ0n) is 10.4. The summed E-state index contributed by atoms with van der Waals surface area (Å²) in [6.07, 6.45) is 2.88. The number of ether oxygens (including phenoxy) is 1. The Labute approximate surface area is 112 Å². The first-order valence-electron chi connectivity index (χ1n) is 6.19. The number of hydrogen-bond donors (Lipinski definition) is 1. The van der Waals surface area contributed by atoms with Crippen LogP contribution in [-0.2, 0) is 11.2 Å². The van der Waals surface area contributed by atoms with Gasteiger partial charge in [-0.3, -0.25) is 0 Å². The van der Waals surface area contributed by atoms with Crippen molar-refractivity contribution in [3.63, 3.8) is 0 Å². The molecule has 96 valence electrons. The Morgan fingerprint density at radius 3 is 2.82 bits per heavy atom. The van der Waals surface area contributed by atoms with Crippen LogP contribution in [0.3, 0.4) is 0 Å². The summed E-state index contributed by atoms with van der Waals surface area (Å²) in [7, 11) is 0. The van der Waals surface area contributed by atoms with Crippen molar-refractivity contribution in [2.75, 3.05) is 19.8 Å². The highest BCUT2D eigenvalue weighted by atomic mass is 79.9. The molecule has 2 nitrogen and oxygen atoms in total. The second-order valence-corrected chi connectivity index (χ2v) is 5.20. The van der Waals surface area contributed by atoms with E-state index in [4.69, 9.17) is 4.74 Å². The van der Waals surface area contributed by atoms with E-state index >= 15 is 0 Å². The molecule has 0 bridgehead atoms. The standard InChI is InChI=1S/C14H21BrO2/c1-2-7-17-8-6-13(11-16)9-12-4-3-5-14(15)10-12/h3-5,10,13,16H,2,6-9,11H2,1H3. The molecule has 0 radical (unpaired) electrons. The number of hydrogen-bond acceptors (Lipinski definition) is 2. The molecule has 1 N–H and O–H groups in total. The van der Waals surface area contributed by atoms with Crippen molar-refractivity contribution in [3.8, 4) is 0 Å². The molecule has 0 aromatic heterocycles. The lowest BCUT2D eigenvalue weighted by atomic mass is 9.97. The summed E-state index contributed by atoms with van der Waals surface area (Å²) < 4.78 is 6.55. The van der Waals surface area contributed by atoms with Crippen molar-refractivity contribution in [1.82, 2.24) is 0 Å². The maximum absolute atomic E-state index is 9.35. The SMILES string of the molecule is CCCOCCC(CO)Cc1cccc(Br)c1. The van der Waals surface area contributed by atoms with Gasteiger partial charge in [0.2, 0.25) is 0 Å². The molecule has 0 aliphatic carbocycles. The Morgan fingerprint density at radius 1 is 1.35 bits per heavy atom. The lowest BCUT2D eigenvalue weighted by Gasteiger charge is -2.14. The Balaban J connectivity index is 2.35. The summed E-state index contributed by atoms with van der Waals surface area (Å²) in [4.78, 5) is 0. The lowest BCUT2D eigenvalue weighted by molar-refractivity contribution is 0.106. The van der Waals surface area contributed by atoms with Crippen LogP contribution >= 0.6 is 15.9 Å². The summed E-state index contributed by atoms with van der Waals surface area (Å²) in [5.41, 5.74) is 1.26. The molecule has 0 fully saturated rings. The smallest absolute Gasteiger partial charge is 0.0469 e. The predicted molar refractivity (Wildman–Crippen MR) is 74.1 cm³/mol. The molecule has 0 amide bonds. The molecule has 1 aromatic carbocycles. The fourth-order valence-electron chi connectivity index (χ4n) is 1.75. The third-order valence-electron chi connectivity index (χ3n) is 2.69. The maximum Gasteiger partial charge on any atom is 0.0469 e. The molecule has 1 atom stereocenters. The molecule has 0 aliphatic heterocycles. The van der Waals surface area contributed by atoms with Crippen molar-refractivity contribution < 1.29 is 9.84 Å². The topological polar surface area (TPSA) is 29.5 Å². The highest BCUT2D eigenvalue weighted by Gasteiger charge is 2.08. The van der Waals surface area contributed by atoms with Gasteiger partial charge < -0.3 is 9.84 Å². The minimum atomic E-state index is 0.224. The van der Waals surface area contributed by atoms with Crippen molar-refractivity contribution in [3.05, 3.63) is 34.3 Å². The average molecular weight is 301 g/mol. The van der Waals surface area contributed by atoms with E-state index in [1.54, 1.807) is 0 Å². The zero-order chi connectivity index (χ0) is 12.5. The van der Waals surface area contributed by atoms with Gasteiger partial charge in [0.15, 0.2) is 0 Å². The fraction of sp³-hybridized carbons (Fsp3) is 0.571. The first-order chi connectivity index (χ1) is 8.26. The van der Waals surface area contributed by atoms with Gasteiger partial charge in [0.25, 0.3) is 0 Å². The highest BCUT2D eigenvalue weighted by Crippen LogP contribution is 2.16. The summed E-state index contributed by atoms with van der Waals surface area (Å²) >= 11 is 3.46. The second-order valence-electron chi connectivity index (χ2n) is 4.28. The van der Waals surface area contributed by atoms with E-state index in [0.29, 0.717) is 5.92 Å². The Hall–Kier alpha value is -0.380. The van der Waals surface area contributed by atoms with Crippen LogP contribution in [0.1, 0.15) is 25.3 Å². The van der Waals surface area contributed by atoms with Crippen LogP contribution in [0, 0.1) is 5.92 Å². The molecule has 0 heterocycles. The van der Waals surface area contributed by atoms with E-state index in [1.807, 2.05) is 12.1 Å². The van der Waals surface area contributed by atoms with Crippen molar-refractivity contribution in [2.45, 2.75) is 26.2 Å². The molecule has 1 aromatic rings. The van der Waals surface area contributed by atoms with Crippen LogP contribution in [0.15, 0.2) is 28.7 Å². The molecular formula is C14H21BrO2. The zero-order valence-corrected chi connectivity index (χ0v) is 11.9. The van der Waals surface area contributed by atoms with Gasteiger partial charge in [-0.2, -0.15) is 0 Å². The van der Waals surface area contributed by atoms with Crippen LogP contribution in [0.2, 0.25) is 0 Å². The fourth-order valence-corrected chi connectivity index (χ4v) is 2.20. The normalized spacial score (nSPS) is 12.6. The third-order valence-corrected chi connectivity index (χ3v) is 3.18. The van der Waals surface area contributed by atoms with Gasteiger partial charge in [-0.25, -0.2) is 0 Å². The number of aliphatic hydroxyl groups is 1. The van der Waals surface area contributed by atoms with Crippen LogP contribution in [0.4, 0.5) is 0 Å². The molecule has 0 saturated heterocycles. The van der Waals surface area contributed by atoms with E-state index in [1.165, 1.54) is 5.56 Å². The summed E-state index contributed by atoms with van der Waals surface area (Å²) in [5, 5.41) is 9.35. The minimum absolute atomic E-state index is 0.224. The Morgan fingerprint density at radius 2 is 2.18 bits per heavy atom. The van der Waals surface area contributed by atoms with Gasteiger partial charge in [0.05, 0.1) is 0 Å². The number of halogens is 1. The molecular weight excluding hydrogens is 280 g/mol. The first-order valence-corrected chi connectivity index (χ1v) is 6.98. The van der Waals surface area contributed by atoms with Crippen LogP contribution in [0.5, 0.6) is 0 Å². The van der Waals surface area contributed by atoms with E-state index in [9.17, 15) is 5.11 Å². The van der Waals surface area contributed by atoms with Gasteiger partial charge in [-0.15, -0.1) is 0 Å². The third kappa shape index (κ3) is 6.20. The Kier molecular flexibility index (Phi) is 7.49. The second kappa shape index (κ2) is 8.67. The van der Waals surface area contributed by atoms with E-state index < -0.39 is 0 Å². The van der Waals surface area contributed by atoms with Crippen molar-refractivity contribution in [1.29, 1.82) is 0 Å². The Bertz CT molecular complexity index is 315. The largest absolute Gasteiger partial charge is 0.396 e. The summed E-state index contributed by atoms with van der Waals surface area (Å²) in [6.45, 7) is 3.88. The molecule has 0 aliphatic rings. The van der Waals surface area contributed by atoms with Gasteiger partial charge in [-0.05, 0) is 42.9 Å². The van der Waals surface area contributed by atoms with Gasteiger partial charge in [0.1, 0.15) is 0 Å². The summed E-state index contributed by atoms with van der Waals surface area (Å²) in [6, 6.07) is 8.25. The molecule has 1 unspecified atom stereocenters. The maximum atomic E-state index is 9.35. The monoisotopic (exact) mass is 300 g/mol. The molecule has 1 rings (SSSR count). The van der Waals surface area contributed by atoms with Gasteiger partial charge in [-0.1, -0.05) is 35.0 Å². The predicted octanol–water partition coefficient (Wildman–Crippen LogP) is 3.42. The average Bonchev–Trinajstić information content (AvgIpc) is 2.33. The number of aliphatic hydroxyl groups excluding tert-OH is 1. The summed E-state index contributed by atoms with van der Waals surface area (Å²) in [5.74, 6) is 0.293.